The van der Waals surface area contributed by atoms with Crippen LogP contribution in [0.4, 0.5) is 0 Å². The van der Waals surface area contributed by atoms with Crippen molar-refractivity contribution in [1.82, 2.24) is 0 Å². The van der Waals surface area contributed by atoms with Crippen molar-refractivity contribution in [3.8, 4) is 0 Å². The van der Waals surface area contributed by atoms with Gasteiger partial charge in [0.25, 0.3) is 5.91 Å². The Morgan fingerprint density at radius 1 is 1.77 bits per heavy atom. The van der Waals surface area contributed by atoms with Crippen LogP contribution in [0.5, 0.6) is 0 Å². The number of rotatable bonds is 3. The zero-order chi connectivity index (χ0) is 9.84. The molecule has 0 aromatic rings. The molecule has 1 heterocycles. The number of nitrogens with two attached hydrogens (primary N) is 1. The van der Waals surface area contributed by atoms with E-state index in [0.717, 1.165) is 18.4 Å². The average Bonchev–Trinajstić information content (AvgIpc) is 2.04. The van der Waals surface area contributed by atoms with E-state index in [0.29, 0.717) is 0 Å². The number of hydrogen-bond donors (Lipinski definition) is 2. The molecular formula is C9H13NO3. The summed E-state index contributed by atoms with van der Waals surface area (Å²) in [5.74, 6) is -0.625. The van der Waals surface area contributed by atoms with Crippen molar-refractivity contribution < 1.29 is 14.6 Å². The van der Waals surface area contributed by atoms with Gasteiger partial charge in [-0.05, 0) is 18.1 Å². The molecule has 0 spiro atoms. The third-order valence-electron chi connectivity index (χ3n) is 1.85. The first-order valence-electron chi connectivity index (χ1n) is 4.19. The van der Waals surface area contributed by atoms with Gasteiger partial charge in [-0.25, -0.2) is 0 Å². The second kappa shape index (κ2) is 4.09. The van der Waals surface area contributed by atoms with Crippen LogP contribution >= 0.6 is 0 Å². The fraction of sp³-hybridized carbons (Fsp3) is 0.444. The van der Waals surface area contributed by atoms with Crippen molar-refractivity contribution in [2.75, 3.05) is 0 Å². The molecule has 0 aromatic heterocycles. The average molecular weight is 183 g/mol. The number of carbonyl (C=O) groups is 1. The standard InChI is InChI=1S/C9H13NO3/c1-2-3-6-4-5-13-9(12)7(6)8(10)11/h4-5,9,12H,2-3H2,1H3,(H2,10,11). The molecule has 13 heavy (non-hydrogen) atoms. The Balaban J connectivity index is 2.97. The molecule has 1 atom stereocenters. The molecule has 3 N–H and O–H groups in total. The summed E-state index contributed by atoms with van der Waals surface area (Å²) in [7, 11) is 0. The summed E-state index contributed by atoms with van der Waals surface area (Å²) in [6.07, 6.45) is 3.44. The van der Waals surface area contributed by atoms with Crippen LogP contribution < -0.4 is 5.73 Å². The third-order valence-corrected chi connectivity index (χ3v) is 1.85. The fourth-order valence-electron chi connectivity index (χ4n) is 1.28. The van der Waals surface area contributed by atoms with Crippen LogP contribution in [0.25, 0.3) is 0 Å². The van der Waals surface area contributed by atoms with E-state index >= 15 is 0 Å². The molecule has 1 unspecified atom stereocenters. The zero-order valence-corrected chi connectivity index (χ0v) is 7.49. The molecule has 72 valence electrons. The van der Waals surface area contributed by atoms with Crippen molar-refractivity contribution in [2.24, 2.45) is 5.73 Å². The molecule has 1 aliphatic rings. The largest absolute Gasteiger partial charge is 0.468 e. The highest BCUT2D eigenvalue weighted by Gasteiger charge is 2.22. The monoisotopic (exact) mass is 183 g/mol. The number of amides is 1. The zero-order valence-electron chi connectivity index (χ0n) is 7.49. The summed E-state index contributed by atoms with van der Waals surface area (Å²) in [6, 6.07) is 0. The Labute approximate surface area is 76.7 Å². The normalized spacial score (nSPS) is 21.5. The predicted molar refractivity (Wildman–Crippen MR) is 47.4 cm³/mol. The summed E-state index contributed by atoms with van der Waals surface area (Å²) >= 11 is 0. The van der Waals surface area contributed by atoms with Gasteiger partial charge in [0.2, 0.25) is 6.29 Å². The predicted octanol–water partition coefficient (Wildman–Crippen LogP) is 0.431. The molecule has 1 rings (SSSR count). The molecule has 0 fully saturated rings. The van der Waals surface area contributed by atoms with E-state index in [1.807, 2.05) is 6.92 Å². The van der Waals surface area contributed by atoms with Gasteiger partial charge >= 0.3 is 0 Å². The van der Waals surface area contributed by atoms with Gasteiger partial charge in [-0.15, -0.1) is 0 Å². The highest BCUT2D eigenvalue weighted by molar-refractivity contribution is 5.94. The summed E-state index contributed by atoms with van der Waals surface area (Å²) in [4.78, 5) is 10.9. The summed E-state index contributed by atoms with van der Waals surface area (Å²) in [5, 5.41) is 9.30. The lowest BCUT2D eigenvalue weighted by Gasteiger charge is -2.19. The van der Waals surface area contributed by atoms with E-state index in [2.05, 4.69) is 0 Å². The SMILES string of the molecule is CCCC1=C(C(N)=O)C(O)OC=C1. The minimum Gasteiger partial charge on any atom is -0.468 e. The van der Waals surface area contributed by atoms with Gasteiger partial charge in [-0.2, -0.15) is 0 Å². The molecular weight excluding hydrogens is 170 g/mol. The molecule has 0 aliphatic carbocycles. The summed E-state index contributed by atoms with van der Waals surface area (Å²) in [6.45, 7) is 1.99. The maximum atomic E-state index is 10.9. The third kappa shape index (κ3) is 2.09. The number of ether oxygens (including phenoxy) is 1. The van der Waals surface area contributed by atoms with Gasteiger partial charge < -0.3 is 15.6 Å². The number of aliphatic hydroxyl groups is 1. The first kappa shape index (κ1) is 9.80. The van der Waals surface area contributed by atoms with E-state index in [4.69, 9.17) is 10.5 Å². The van der Waals surface area contributed by atoms with Crippen molar-refractivity contribution in [3.63, 3.8) is 0 Å². The van der Waals surface area contributed by atoms with Gasteiger partial charge in [-0.3, -0.25) is 4.79 Å². The van der Waals surface area contributed by atoms with Crippen molar-refractivity contribution in [3.05, 3.63) is 23.5 Å². The number of primary amides is 1. The molecule has 0 radical (unpaired) electrons. The lowest BCUT2D eigenvalue weighted by molar-refractivity contribution is -0.118. The quantitative estimate of drug-likeness (QED) is 0.666. The Kier molecular flexibility index (Phi) is 3.08. The fourth-order valence-corrected chi connectivity index (χ4v) is 1.28. The molecule has 0 saturated carbocycles. The number of hydrogen-bond acceptors (Lipinski definition) is 3. The van der Waals surface area contributed by atoms with Crippen LogP contribution in [0, 0.1) is 0 Å². The Bertz CT molecular complexity index is 268. The van der Waals surface area contributed by atoms with E-state index in [-0.39, 0.29) is 5.57 Å². The van der Waals surface area contributed by atoms with Crippen LogP contribution in [0.2, 0.25) is 0 Å². The Morgan fingerprint density at radius 2 is 2.46 bits per heavy atom. The van der Waals surface area contributed by atoms with E-state index in [9.17, 15) is 9.90 Å². The van der Waals surface area contributed by atoms with Crippen molar-refractivity contribution in [1.29, 1.82) is 0 Å². The van der Waals surface area contributed by atoms with Crippen molar-refractivity contribution in [2.45, 2.75) is 26.1 Å². The topological polar surface area (TPSA) is 72.6 Å². The van der Waals surface area contributed by atoms with Crippen LogP contribution in [0.1, 0.15) is 19.8 Å². The van der Waals surface area contributed by atoms with Crippen LogP contribution in [0.15, 0.2) is 23.5 Å². The molecule has 0 saturated heterocycles. The number of aliphatic hydroxyl groups excluding tert-OH is 1. The number of allylic oxidation sites excluding steroid dienone is 2. The molecule has 1 amide bonds. The van der Waals surface area contributed by atoms with Gasteiger partial charge in [0.15, 0.2) is 0 Å². The van der Waals surface area contributed by atoms with Gasteiger partial charge in [-0.1, -0.05) is 13.3 Å². The highest BCUT2D eigenvalue weighted by Crippen LogP contribution is 2.21. The van der Waals surface area contributed by atoms with Crippen LogP contribution in [-0.2, 0) is 9.53 Å². The number of carbonyl (C=O) groups excluding carboxylic acids is 1. The molecule has 4 nitrogen and oxygen atoms in total. The van der Waals surface area contributed by atoms with Crippen molar-refractivity contribution >= 4 is 5.91 Å². The maximum Gasteiger partial charge on any atom is 0.251 e. The molecule has 0 aromatic carbocycles. The Morgan fingerprint density at radius 3 is 3.00 bits per heavy atom. The Hall–Kier alpha value is -1.29. The minimum absolute atomic E-state index is 0.171. The molecule has 1 aliphatic heterocycles. The highest BCUT2D eigenvalue weighted by atomic mass is 16.6. The molecule has 0 bridgehead atoms. The lowest BCUT2D eigenvalue weighted by Crippen LogP contribution is -2.28. The first-order valence-corrected chi connectivity index (χ1v) is 4.19. The molecule has 4 heteroatoms. The minimum atomic E-state index is -1.20. The van der Waals surface area contributed by atoms with E-state index in [1.165, 1.54) is 6.26 Å². The second-order valence-electron chi connectivity index (χ2n) is 2.84. The van der Waals surface area contributed by atoms with Gasteiger partial charge in [0.1, 0.15) is 0 Å². The lowest BCUT2D eigenvalue weighted by atomic mass is 10.0. The maximum absolute atomic E-state index is 10.9. The van der Waals surface area contributed by atoms with Gasteiger partial charge in [0, 0.05) is 0 Å². The summed E-state index contributed by atoms with van der Waals surface area (Å²) in [5.41, 5.74) is 6.04. The first-order chi connectivity index (χ1) is 6.16. The van der Waals surface area contributed by atoms with Crippen LogP contribution in [-0.4, -0.2) is 17.3 Å². The smallest absolute Gasteiger partial charge is 0.251 e. The summed E-state index contributed by atoms with van der Waals surface area (Å²) < 4.78 is 4.74. The van der Waals surface area contributed by atoms with E-state index < -0.39 is 12.2 Å². The van der Waals surface area contributed by atoms with Crippen LogP contribution in [0.3, 0.4) is 0 Å². The van der Waals surface area contributed by atoms with E-state index in [1.54, 1.807) is 6.08 Å². The second-order valence-corrected chi connectivity index (χ2v) is 2.84. The van der Waals surface area contributed by atoms with Gasteiger partial charge in [0.05, 0.1) is 11.8 Å².